The maximum atomic E-state index is 11.3. The number of nitrogens with one attached hydrogen (secondary N) is 2. The van der Waals surface area contributed by atoms with Crippen LogP contribution in [-0.2, 0) is 4.74 Å². The van der Waals surface area contributed by atoms with Gasteiger partial charge in [-0.05, 0) is 31.1 Å². The van der Waals surface area contributed by atoms with Crippen molar-refractivity contribution in [3.05, 3.63) is 12.4 Å². The predicted molar refractivity (Wildman–Crippen MR) is 93.9 cm³/mol. The Kier molecular flexibility index (Phi) is 5.57. The molecule has 138 valence electrons. The van der Waals surface area contributed by atoms with Crippen LogP contribution in [0.2, 0.25) is 0 Å². The molecule has 8 heteroatoms. The summed E-state index contributed by atoms with van der Waals surface area (Å²) in [6, 6.07) is 1.73. The van der Waals surface area contributed by atoms with E-state index in [1.54, 1.807) is 20.5 Å². The fourth-order valence-corrected chi connectivity index (χ4v) is 3.59. The summed E-state index contributed by atoms with van der Waals surface area (Å²) in [5.41, 5.74) is 0.261. The first-order valence-electron chi connectivity index (χ1n) is 8.82. The molecule has 2 aliphatic rings. The lowest BCUT2D eigenvalue weighted by Gasteiger charge is -2.46. The van der Waals surface area contributed by atoms with Gasteiger partial charge in [-0.25, -0.2) is 14.8 Å². The highest BCUT2D eigenvalue weighted by molar-refractivity contribution is 5.73. The molecule has 2 amide bonds. The third-order valence-electron chi connectivity index (χ3n) is 5.32. The van der Waals surface area contributed by atoms with Gasteiger partial charge < -0.3 is 25.0 Å². The molecule has 0 aromatic carbocycles. The SMILES string of the molecule is CNC(=O)NCC1CCC2(CCN(c3cc(OC)ncn3)CC2)CO1. The fraction of sp³-hybridized carbons (Fsp3) is 0.706. The zero-order valence-electron chi connectivity index (χ0n) is 15.0. The van der Waals surface area contributed by atoms with Gasteiger partial charge >= 0.3 is 6.03 Å². The molecule has 1 atom stereocenters. The van der Waals surface area contributed by atoms with Gasteiger partial charge in [0, 0.05) is 32.7 Å². The molecule has 0 bridgehead atoms. The Hall–Kier alpha value is -2.09. The number of piperidine rings is 1. The molecule has 0 saturated carbocycles. The van der Waals surface area contributed by atoms with E-state index in [1.807, 2.05) is 6.07 Å². The Morgan fingerprint density at radius 1 is 1.40 bits per heavy atom. The van der Waals surface area contributed by atoms with E-state index in [0.29, 0.717) is 12.4 Å². The van der Waals surface area contributed by atoms with Crippen LogP contribution in [0.15, 0.2) is 12.4 Å². The van der Waals surface area contributed by atoms with E-state index in [0.717, 1.165) is 51.2 Å². The summed E-state index contributed by atoms with van der Waals surface area (Å²) in [7, 11) is 3.24. The van der Waals surface area contributed by atoms with Crippen LogP contribution in [0.25, 0.3) is 0 Å². The molecule has 0 aliphatic carbocycles. The van der Waals surface area contributed by atoms with Crippen molar-refractivity contribution in [3.63, 3.8) is 0 Å². The average molecular weight is 349 g/mol. The minimum absolute atomic E-state index is 0.118. The zero-order chi connectivity index (χ0) is 17.7. The number of urea groups is 1. The zero-order valence-corrected chi connectivity index (χ0v) is 15.0. The fourth-order valence-electron chi connectivity index (χ4n) is 3.59. The van der Waals surface area contributed by atoms with Gasteiger partial charge in [0.1, 0.15) is 12.1 Å². The first kappa shape index (κ1) is 17.7. The first-order valence-corrected chi connectivity index (χ1v) is 8.82. The number of anilines is 1. The summed E-state index contributed by atoms with van der Waals surface area (Å²) in [5, 5.41) is 5.38. The van der Waals surface area contributed by atoms with Crippen molar-refractivity contribution in [1.29, 1.82) is 0 Å². The summed E-state index contributed by atoms with van der Waals surface area (Å²) in [6.45, 7) is 3.27. The Labute approximate surface area is 148 Å². The van der Waals surface area contributed by atoms with Gasteiger partial charge in [-0.1, -0.05) is 0 Å². The van der Waals surface area contributed by atoms with Crippen molar-refractivity contribution < 1.29 is 14.3 Å². The van der Waals surface area contributed by atoms with Crippen LogP contribution >= 0.6 is 0 Å². The molecule has 1 aromatic rings. The first-order chi connectivity index (χ1) is 12.1. The second-order valence-corrected chi connectivity index (χ2v) is 6.84. The summed E-state index contributed by atoms with van der Waals surface area (Å²) in [6.07, 6.45) is 5.99. The van der Waals surface area contributed by atoms with Crippen LogP contribution in [0, 0.1) is 5.41 Å². The van der Waals surface area contributed by atoms with Crippen LogP contribution in [0.5, 0.6) is 5.88 Å². The molecule has 1 spiro atoms. The second-order valence-electron chi connectivity index (χ2n) is 6.84. The molecule has 25 heavy (non-hydrogen) atoms. The smallest absolute Gasteiger partial charge is 0.314 e. The van der Waals surface area contributed by atoms with Gasteiger partial charge in [0.05, 0.1) is 19.8 Å². The number of amides is 2. The van der Waals surface area contributed by atoms with Crippen LogP contribution < -0.4 is 20.3 Å². The van der Waals surface area contributed by atoms with E-state index < -0.39 is 0 Å². The Balaban J connectivity index is 1.48. The van der Waals surface area contributed by atoms with Gasteiger partial charge in [-0.3, -0.25) is 0 Å². The van der Waals surface area contributed by atoms with Crippen molar-refractivity contribution in [2.45, 2.75) is 31.8 Å². The molecule has 3 heterocycles. The maximum absolute atomic E-state index is 11.3. The van der Waals surface area contributed by atoms with Gasteiger partial charge in [0.2, 0.25) is 5.88 Å². The third-order valence-corrected chi connectivity index (χ3v) is 5.32. The highest BCUT2D eigenvalue weighted by atomic mass is 16.5. The molecule has 2 aliphatic heterocycles. The monoisotopic (exact) mass is 349 g/mol. The molecule has 1 aromatic heterocycles. The normalized spacial score (nSPS) is 22.5. The quantitative estimate of drug-likeness (QED) is 0.849. The minimum Gasteiger partial charge on any atom is -0.481 e. The van der Waals surface area contributed by atoms with Crippen molar-refractivity contribution in [1.82, 2.24) is 20.6 Å². The van der Waals surface area contributed by atoms with Crippen LogP contribution in [0.1, 0.15) is 25.7 Å². The standard InChI is InChI=1S/C17H27N5O3/c1-18-16(23)19-10-13-3-4-17(11-25-13)5-7-22(8-6-17)14-9-15(24-2)21-12-20-14/h9,12-13H,3-8,10-11H2,1-2H3,(H2,18,19,23). The summed E-state index contributed by atoms with van der Waals surface area (Å²) >= 11 is 0. The van der Waals surface area contributed by atoms with Crippen molar-refractivity contribution in [3.8, 4) is 5.88 Å². The molecule has 0 radical (unpaired) electrons. The number of rotatable bonds is 4. The molecule has 1 unspecified atom stereocenters. The van der Waals surface area contributed by atoms with E-state index in [1.165, 1.54) is 0 Å². The number of hydrogen-bond donors (Lipinski definition) is 2. The lowest BCUT2D eigenvalue weighted by Crippen LogP contribution is -2.48. The van der Waals surface area contributed by atoms with Gasteiger partial charge in [0.25, 0.3) is 0 Å². The number of ether oxygens (including phenoxy) is 2. The van der Waals surface area contributed by atoms with Gasteiger partial charge in [-0.2, -0.15) is 0 Å². The number of hydrogen-bond acceptors (Lipinski definition) is 6. The van der Waals surface area contributed by atoms with Crippen molar-refractivity contribution >= 4 is 11.8 Å². The van der Waals surface area contributed by atoms with E-state index >= 15 is 0 Å². The molecule has 2 N–H and O–H groups in total. The largest absolute Gasteiger partial charge is 0.481 e. The average Bonchev–Trinajstić information content (AvgIpc) is 2.68. The molecule has 3 rings (SSSR count). The molecule has 2 fully saturated rings. The predicted octanol–water partition coefficient (Wildman–Crippen LogP) is 1.18. The number of carbonyl (C=O) groups excluding carboxylic acids is 1. The van der Waals surface area contributed by atoms with Crippen molar-refractivity contribution in [2.75, 3.05) is 45.3 Å². The topological polar surface area (TPSA) is 88.6 Å². The highest BCUT2D eigenvalue weighted by Crippen LogP contribution is 2.41. The summed E-state index contributed by atoms with van der Waals surface area (Å²) < 4.78 is 11.2. The lowest BCUT2D eigenvalue weighted by atomic mass is 9.73. The maximum Gasteiger partial charge on any atom is 0.314 e. The number of nitrogens with zero attached hydrogens (tertiary/aromatic N) is 3. The van der Waals surface area contributed by atoms with E-state index in [4.69, 9.17) is 9.47 Å². The van der Waals surface area contributed by atoms with E-state index in [2.05, 4.69) is 25.5 Å². The highest BCUT2D eigenvalue weighted by Gasteiger charge is 2.39. The number of aromatic nitrogens is 2. The minimum atomic E-state index is -0.155. The molecular formula is C17H27N5O3. The van der Waals surface area contributed by atoms with Crippen LogP contribution in [0.3, 0.4) is 0 Å². The van der Waals surface area contributed by atoms with E-state index in [-0.39, 0.29) is 17.6 Å². The van der Waals surface area contributed by atoms with Gasteiger partial charge in [0.15, 0.2) is 0 Å². The lowest BCUT2D eigenvalue weighted by molar-refractivity contribution is -0.0697. The Bertz CT molecular complexity index is 579. The molecular weight excluding hydrogens is 322 g/mol. The number of methoxy groups -OCH3 is 1. The van der Waals surface area contributed by atoms with E-state index in [9.17, 15) is 4.79 Å². The summed E-state index contributed by atoms with van der Waals surface area (Å²) in [4.78, 5) is 22.0. The van der Waals surface area contributed by atoms with Crippen molar-refractivity contribution in [2.24, 2.45) is 5.41 Å². The molecule has 2 saturated heterocycles. The van der Waals surface area contributed by atoms with Crippen LogP contribution in [0.4, 0.5) is 10.6 Å². The molecule has 8 nitrogen and oxygen atoms in total. The number of carbonyl (C=O) groups is 1. The Morgan fingerprint density at radius 3 is 2.84 bits per heavy atom. The van der Waals surface area contributed by atoms with Crippen LogP contribution in [-0.4, -0.2) is 62.5 Å². The van der Waals surface area contributed by atoms with Gasteiger partial charge in [-0.15, -0.1) is 0 Å². The summed E-state index contributed by atoms with van der Waals surface area (Å²) in [5.74, 6) is 1.52. The Morgan fingerprint density at radius 2 is 2.20 bits per heavy atom. The third kappa shape index (κ3) is 4.31. The second kappa shape index (κ2) is 7.86.